The minimum absolute atomic E-state index is 0.166. The minimum atomic E-state index is -0.424. The van der Waals surface area contributed by atoms with Gasteiger partial charge in [-0.3, -0.25) is 9.59 Å². The molecule has 3 amide bonds. The number of likely N-dealkylation sites (tertiary alicyclic amines) is 1. The van der Waals surface area contributed by atoms with Crippen LogP contribution in [0.2, 0.25) is 0 Å². The van der Waals surface area contributed by atoms with Gasteiger partial charge in [-0.15, -0.1) is 0 Å². The Hall–Kier alpha value is -5.99. The number of anilines is 5. The number of rotatable bonds is 14. The Labute approximate surface area is 337 Å². The van der Waals surface area contributed by atoms with E-state index in [-0.39, 0.29) is 17.1 Å². The molecule has 0 atom stereocenters. The van der Waals surface area contributed by atoms with Crippen molar-refractivity contribution in [2.24, 2.45) is 0 Å². The first kappa shape index (κ1) is 40.7. The predicted octanol–water partition coefficient (Wildman–Crippen LogP) is 8.81. The summed E-state index contributed by atoms with van der Waals surface area (Å²) in [5.41, 5.74) is 3.82. The average molecular weight is 792 g/mol. The Balaban J connectivity index is 1.15. The molecule has 0 saturated carbocycles. The lowest BCUT2D eigenvalue weighted by Crippen LogP contribution is -2.39. The number of urea groups is 1. The second kappa shape index (κ2) is 18.3. The molecule has 6 rings (SSSR count). The van der Waals surface area contributed by atoms with Gasteiger partial charge in [-0.1, -0.05) is 57.0 Å². The van der Waals surface area contributed by atoms with Crippen molar-refractivity contribution in [1.29, 1.82) is 0 Å². The second-order valence-electron chi connectivity index (χ2n) is 14.6. The predicted molar refractivity (Wildman–Crippen MR) is 229 cm³/mol. The van der Waals surface area contributed by atoms with E-state index in [9.17, 15) is 14.4 Å². The quantitative estimate of drug-likeness (QED) is 0.0686. The summed E-state index contributed by atoms with van der Waals surface area (Å²) in [4.78, 5) is 44.8. The molecule has 0 radical (unpaired) electrons. The van der Waals surface area contributed by atoms with Gasteiger partial charge in [0.1, 0.15) is 28.8 Å². The monoisotopic (exact) mass is 791 g/mol. The van der Waals surface area contributed by atoms with Crippen LogP contribution in [0.5, 0.6) is 23.0 Å². The molecule has 4 aromatic carbocycles. The number of piperidine rings is 1. The number of aromatic nitrogens is 1. The SMILES string of the molecule is COc1cc(Nc2cc(Oc3ccc(NC(=O)Nc4cc(C(C)(C)C)cc(NSC)c4OC)c4ccccc34)ccn2)cc(C(=O)NCCN2CCC(=O)CC2)c1. The third-order valence-corrected chi connectivity index (χ3v) is 9.94. The maximum Gasteiger partial charge on any atom is 0.323 e. The van der Waals surface area contributed by atoms with E-state index in [0.29, 0.717) is 77.4 Å². The molecule has 1 aliphatic heterocycles. The van der Waals surface area contributed by atoms with Crippen LogP contribution in [0.15, 0.2) is 85.1 Å². The van der Waals surface area contributed by atoms with Crippen LogP contribution < -0.4 is 40.2 Å². The molecule has 0 spiro atoms. The van der Waals surface area contributed by atoms with E-state index < -0.39 is 6.03 Å². The van der Waals surface area contributed by atoms with Crippen molar-refractivity contribution in [2.45, 2.75) is 39.0 Å². The van der Waals surface area contributed by atoms with Crippen molar-refractivity contribution in [3.8, 4) is 23.0 Å². The molecule has 0 unspecified atom stereocenters. The van der Waals surface area contributed by atoms with Gasteiger partial charge in [-0.25, -0.2) is 9.78 Å². The number of fused-ring (bicyclic) bond motifs is 1. The van der Waals surface area contributed by atoms with E-state index in [1.54, 1.807) is 56.8 Å². The Morgan fingerprint density at radius 2 is 1.58 bits per heavy atom. The Morgan fingerprint density at radius 1 is 0.842 bits per heavy atom. The zero-order valence-corrected chi connectivity index (χ0v) is 33.9. The number of amides is 3. The molecule has 1 saturated heterocycles. The van der Waals surface area contributed by atoms with Gasteiger partial charge in [0.05, 0.1) is 31.3 Å². The number of ketones is 1. The number of carbonyl (C=O) groups excluding carboxylic acids is 3. The van der Waals surface area contributed by atoms with Crippen LogP contribution in [-0.4, -0.2) is 74.3 Å². The summed E-state index contributed by atoms with van der Waals surface area (Å²) in [5, 5.41) is 13.8. The lowest BCUT2D eigenvalue weighted by molar-refractivity contribution is -0.121. The number of nitrogens with zero attached hydrogens (tertiary/aromatic N) is 2. The van der Waals surface area contributed by atoms with Gasteiger partial charge in [0.15, 0.2) is 5.75 Å². The summed E-state index contributed by atoms with van der Waals surface area (Å²) in [6.07, 6.45) is 4.68. The van der Waals surface area contributed by atoms with Gasteiger partial charge >= 0.3 is 6.03 Å². The molecule has 0 aliphatic carbocycles. The minimum Gasteiger partial charge on any atom is -0.497 e. The smallest absolute Gasteiger partial charge is 0.323 e. The van der Waals surface area contributed by atoms with Crippen LogP contribution in [-0.2, 0) is 10.2 Å². The lowest BCUT2D eigenvalue weighted by atomic mass is 9.86. The van der Waals surface area contributed by atoms with Crippen molar-refractivity contribution in [3.05, 3.63) is 96.2 Å². The molecular formula is C43H49N7O6S. The van der Waals surface area contributed by atoms with Crippen LogP contribution in [0.1, 0.15) is 49.5 Å². The zero-order chi connectivity index (χ0) is 40.5. The van der Waals surface area contributed by atoms with Crippen molar-refractivity contribution in [3.63, 3.8) is 0 Å². The Morgan fingerprint density at radius 3 is 2.30 bits per heavy atom. The standard InChI is InChI=1S/C43H49N7O6S/c1-43(2,3)28-23-36(40(55-5)37(24-28)49-57-6)48-42(53)47-35-11-12-38(34-10-8-7-9-33(34)35)56-31-13-16-44-39(26-31)46-29-21-27(22-32(25-29)54-4)41(52)45-17-20-50-18-14-30(51)15-19-50/h7-13,16,21-26,49H,14-15,17-20H2,1-6H3,(H,44,46)(H,45,52)(H2,47,48,53). The maximum atomic E-state index is 13.5. The second-order valence-corrected chi connectivity index (χ2v) is 15.2. The fourth-order valence-electron chi connectivity index (χ4n) is 6.50. The Bertz CT molecular complexity index is 2250. The molecule has 57 heavy (non-hydrogen) atoms. The highest BCUT2D eigenvalue weighted by Gasteiger charge is 2.22. The van der Waals surface area contributed by atoms with Crippen LogP contribution in [0.3, 0.4) is 0 Å². The molecule has 298 valence electrons. The van der Waals surface area contributed by atoms with E-state index in [1.165, 1.54) is 11.9 Å². The third-order valence-electron chi connectivity index (χ3n) is 9.51. The van der Waals surface area contributed by atoms with Crippen LogP contribution in [0.4, 0.5) is 33.4 Å². The van der Waals surface area contributed by atoms with E-state index in [2.05, 4.69) is 56.6 Å². The number of ether oxygens (including phenoxy) is 3. The molecule has 2 heterocycles. The number of nitrogens with one attached hydrogen (secondary N) is 5. The fraction of sp³-hybridized carbons (Fsp3) is 0.302. The Kier molecular flexibility index (Phi) is 13.1. The number of hydrogen-bond acceptors (Lipinski definition) is 11. The van der Waals surface area contributed by atoms with Gasteiger partial charge in [0, 0.05) is 85.6 Å². The molecular weight excluding hydrogens is 743 g/mol. The van der Waals surface area contributed by atoms with Crippen LogP contribution in [0, 0.1) is 0 Å². The summed E-state index contributed by atoms with van der Waals surface area (Å²) in [5.74, 6) is 2.70. The average Bonchev–Trinajstić information content (AvgIpc) is 3.19. The van der Waals surface area contributed by atoms with Crippen molar-refractivity contribution >= 4 is 69.0 Å². The van der Waals surface area contributed by atoms with Crippen LogP contribution in [0.25, 0.3) is 10.8 Å². The third kappa shape index (κ3) is 10.5. The van der Waals surface area contributed by atoms with Gasteiger partial charge in [0.2, 0.25) is 0 Å². The molecule has 13 nitrogen and oxygen atoms in total. The molecule has 0 bridgehead atoms. The summed E-state index contributed by atoms with van der Waals surface area (Å²) >= 11 is 1.44. The molecule has 1 aromatic heterocycles. The number of hydrogen-bond donors (Lipinski definition) is 5. The summed E-state index contributed by atoms with van der Waals surface area (Å²) in [7, 11) is 3.13. The van der Waals surface area contributed by atoms with Crippen molar-refractivity contribution in [2.75, 3.05) is 67.3 Å². The molecule has 5 aromatic rings. The molecule has 1 fully saturated rings. The van der Waals surface area contributed by atoms with Gasteiger partial charge < -0.3 is 45.1 Å². The van der Waals surface area contributed by atoms with Gasteiger partial charge in [-0.05, 0) is 53.4 Å². The molecule has 1 aliphatic rings. The highest BCUT2D eigenvalue weighted by atomic mass is 32.2. The van der Waals surface area contributed by atoms with Crippen molar-refractivity contribution in [1.82, 2.24) is 15.2 Å². The highest BCUT2D eigenvalue weighted by molar-refractivity contribution is 7.99. The van der Waals surface area contributed by atoms with E-state index >= 15 is 0 Å². The largest absolute Gasteiger partial charge is 0.497 e. The number of methoxy groups -OCH3 is 2. The highest BCUT2D eigenvalue weighted by Crippen LogP contribution is 2.40. The molecule has 14 heteroatoms. The first-order valence-electron chi connectivity index (χ1n) is 18.7. The summed E-state index contributed by atoms with van der Waals surface area (Å²) in [6, 6.07) is 23.5. The van der Waals surface area contributed by atoms with E-state index in [4.69, 9.17) is 14.2 Å². The fourth-order valence-corrected chi connectivity index (χ4v) is 6.87. The zero-order valence-electron chi connectivity index (χ0n) is 33.1. The summed E-state index contributed by atoms with van der Waals surface area (Å²) in [6.45, 7) is 8.92. The molecule has 5 N–H and O–H groups in total. The first-order chi connectivity index (χ1) is 27.4. The normalized spacial score (nSPS) is 13.1. The van der Waals surface area contributed by atoms with E-state index in [1.807, 2.05) is 48.7 Å². The number of pyridine rings is 1. The maximum absolute atomic E-state index is 13.5. The lowest BCUT2D eigenvalue weighted by Gasteiger charge is -2.25. The van der Waals surface area contributed by atoms with Crippen LogP contribution >= 0.6 is 11.9 Å². The summed E-state index contributed by atoms with van der Waals surface area (Å²) < 4.78 is 20.9. The topological polar surface area (TPSA) is 155 Å². The number of carbonyl (C=O) groups is 3. The number of benzene rings is 4. The van der Waals surface area contributed by atoms with E-state index in [0.717, 1.165) is 35.1 Å². The van der Waals surface area contributed by atoms with Gasteiger partial charge in [-0.2, -0.15) is 0 Å². The number of Topliss-reactive ketones (excluding diaryl/α,β-unsaturated/α-hetero) is 1. The van der Waals surface area contributed by atoms with Gasteiger partial charge in [0.25, 0.3) is 5.91 Å². The van der Waals surface area contributed by atoms with Crippen molar-refractivity contribution < 1.29 is 28.6 Å². The first-order valence-corrected chi connectivity index (χ1v) is 19.9.